The van der Waals surface area contributed by atoms with Crippen molar-refractivity contribution in [3.05, 3.63) is 58.1 Å². The summed E-state index contributed by atoms with van der Waals surface area (Å²) >= 11 is 6.02. The fourth-order valence-electron chi connectivity index (χ4n) is 2.00. The molecule has 0 fully saturated rings. The van der Waals surface area contributed by atoms with Crippen molar-refractivity contribution in [2.75, 3.05) is 7.05 Å². The average molecular weight is 282 g/mol. The minimum Gasteiger partial charge on any atom is -0.316 e. The van der Waals surface area contributed by atoms with Crippen molar-refractivity contribution >= 4 is 11.6 Å². The van der Waals surface area contributed by atoms with Crippen molar-refractivity contribution in [1.29, 1.82) is 0 Å². The molecule has 4 heteroatoms. The molecular formula is C15H14ClF2N. The normalized spacial score (nSPS) is 10.8. The van der Waals surface area contributed by atoms with Crippen LogP contribution in [-0.2, 0) is 6.54 Å². The van der Waals surface area contributed by atoms with E-state index in [1.807, 2.05) is 32.2 Å². The van der Waals surface area contributed by atoms with Crippen LogP contribution in [0.4, 0.5) is 8.78 Å². The first-order valence-corrected chi connectivity index (χ1v) is 6.29. The van der Waals surface area contributed by atoms with Crippen LogP contribution >= 0.6 is 11.6 Å². The minimum absolute atomic E-state index is 0.212. The molecule has 19 heavy (non-hydrogen) atoms. The van der Waals surface area contributed by atoms with Gasteiger partial charge in [-0.2, -0.15) is 0 Å². The molecule has 0 aliphatic heterocycles. The first kappa shape index (κ1) is 14.0. The molecule has 0 atom stereocenters. The SMILES string of the molecule is CNCc1ccc(C)c(-c2cc(F)c(F)cc2Cl)c1. The molecule has 0 heterocycles. The topological polar surface area (TPSA) is 12.0 Å². The zero-order valence-electron chi connectivity index (χ0n) is 10.7. The predicted molar refractivity (Wildman–Crippen MR) is 74.3 cm³/mol. The predicted octanol–water partition coefficient (Wildman–Crippen LogP) is 4.31. The summed E-state index contributed by atoms with van der Waals surface area (Å²) in [7, 11) is 1.85. The Balaban J connectivity index is 2.57. The summed E-state index contributed by atoms with van der Waals surface area (Å²) in [5, 5.41) is 3.26. The summed E-state index contributed by atoms with van der Waals surface area (Å²) in [6.45, 7) is 2.62. The van der Waals surface area contributed by atoms with Crippen LogP contribution in [0.5, 0.6) is 0 Å². The first-order valence-electron chi connectivity index (χ1n) is 5.92. The molecule has 0 aliphatic carbocycles. The lowest BCUT2D eigenvalue weighted by atomic mass is 9.98. The minimum atomic E-state index is -0.933. The smallest absolute Gasteiger partial charge is 0.160 e. The van der Waals surface area contributed by atoms with E-state index in [9.17, 15) is 8.78 Å². The van der Waals surface area contributed by atoms with Gasteiger partial charge in [-0.3, -0.25) is 0 Å². The van der Waals surface area contributed by atoms with E-state index in [4.69, 9.17) is 11.6 Å². The number of halogens is 3. The van der Waals surface area contributed by atoms with Crippen LogP contribution in [0.1, 0.15) is 11.1 Å². The molecule has 0 amide bonds. The summed E-state index contributed by atoms with van der Waals surface area (Å²) < 4.78 is 26.5. The summed E-state index contributed by atoms with van der Waals surface area (Å²) in [5.74, 6) is -1.82. The molecule has 0 aromatic heterocycles. The quantitative estimate of drug-likeness (QED) is 0.827. The molecule has 0 aliphatic rings. The Hall–Kier alpha value is -1.45. The second-order valence-corrected chi connectivity index (χ2v) is 4.83. The molecule has 2 aromatic rings. The van der Waals surface area contributed by atoms with Gasteiger partial charge in [0.05, 0.1) is 5.02 Å². The van der Waals surface area contributed by atoms with E-state index in [2.05, 4.69) is 5.32 Å². The lowest BCUT2D eigenvalue weighted by Crippen LogP contribution is -2.05. The molecule has 0 bridgehead atoms. The lowest BCUT2D eigenvalue weighted by molar-refractivity contribution is 0.509. The van der Waals surface area contributed by atoms with E-state index in [-0.39, 0.29) is 5.02 Å². The van der Waals surface area contributed by atoms with Gasteiger partial charge in [0.1, 0.15) is 0 Å². The number of hydrogen-bond acceptors (Lipinski definition) is 1. The Kier molecular flexibility index (Phi) is 4.17. The molecule has 2 rings (SSSR count). The van der Waals surface area contributed by atoms with Gasteiger partial charge in [-0.25, -0.2) is 8.78 Å². The highest BCUT2D eigenvalue weighted by Gasteiger charge is 2.12. The standard InChI is InChI=1S/C15H14ClF2N/c1-9-3-4-10(8-19-2)5-11(9)12-6-14(17)15(18)7-13(12)16/h3-7,19H,8H2,1-2H3. The van der Waals surface area contributed by atoms with Gasteiger partial charge in [-0.1, -0.05) is 23.7 Å². The third-order valence-electron chi connectivity index (χ3n) is 2.98. The van der Waals surface area contributed by atoms with Gasteiger partial charge in [0.15, 0.2) is 11.6 Å². The zero-order chi connectivity index (χ0) is 14.0. The van der Waals surface area contributed by atoms with Crippen LogP contribution in [0.15, 0.2) is 30.3 Å². The second kappa shape index (κ2) is 5.68. The Bertz CT molecular complexity index is 611. The van der Waals surface area contributed by atoms with E-state index < -0.39 is 11.6 Å². The number of nitrogens with one attached hydrogen (secondary N) is 1. The van der Waals surface area contributed by atoms with Crippen LogP contribution < -0.4 is 5.32 Å². The van der Waals surface area contributed by atoms with E-state index in [1.54, 1.807) is 0 Å². The van der Waals surface area contributed by atoms with Crippen molar-refractivity contribution < 1.29 is 8.78 Å². The van der Waals surface area contributed by atoms with Crippen LogP contribution in [0, 0.1) is 18.6 Å². The van der Waals surface area contributed by atoms with Gasteiger partial charge in [0, 0.05) is 12.1 Å². The number of benzene rings is 2. The average Bonchev–Trinajstić information content (AvgIpc) is 2.37. The van der Waals surface area contributed by atoms with Crippen molar-refractivity contribution in [2.24, 2.45) is 0 Å². The second-order valence-electron chi connectivity index (χ2n) is 4.43. The van der Waals surface area contributed by atoms with Crippen LogP contribution in [-0.4, -0.2) is 7.05 Å². The molecular weight excluding hydrogens is 268 g/mol. The molecule has 0 radical (unpaired) electrons. The number of aryl methyl sites for hydroxylation is 1. The zero-order valence-corrected chi connectivity index (χ0v) is 11.5. The molecule has 1 nitrogen and oxygen atoms in total. The highest BCUT2D eigenvalue weighted by Crippen LogP contribution is 2.32. The number of hydrogen-bond donors (Lipinski definition) is 1. The Morgan fingerprint density at radius 2 is 1.74 bits per heavy atom. The largest absolute Gasteiger partial charge is 0.316 e. The van der Waals surface area contributed by atoms with E-state index >= 15 is 0 Å². The molecule has 0 unspecified atom stereocenters. The molecule has 0 saturated carbocycles. The highest BCUT2D eigenvalue weighted by atomic mass is 35.5. The molecule has 2 aromatic carbocycles. The summed E-state index contributed by atoms with van der Waals surface area (Å²) in [4.78, 5) is 0. The van der Waals surface area contributed by atoms with Crippen LogP contribution in [0.25, 0.3) is 11.1 Å². The molecule has 100 valence electrons. The maximum Gasteiger partial charge on any atom is 0.160 e. The van der Waals surface area contributed by atoms with Crippen molar-refractivity contribution in [2.45, 2.75) is 13.5 Å². The Morgan fingerprint density at radius 1 is 1.05 bits per heavy atom. The van der Waals surface area contributed by atoms with E-state index in [0.717, 1.165) is 28.8 Å². The maximum absolute atomic E-state index is 13.4. The summed E-state index contributed by atoms with van der Waals surface area (Å²) in [5.41, 5.74) is 3.35. The Morgan fingerprint density at radius 3 is 2.42 bits per heavy atom. The van der Waals surface area contributed by atoms with Gasteiger partial charge < -0.3 is 5.32 Å². The third-order valence-corrected chi connectivity index (χ3v) is 3.30. The van der Waals surface area contributed by atoms with Crippen molar-refractivity contribution in [1.82, 2.24) is 5.32 Å². The fourth-order valence-corrected chi connectivity index (χ4v) is 2.25. The Labute approximate surface area is 116 Å². The maximum atomic E-state index is 13.4. The first-order chi connectivity index (χ1) is 9.02. The lowest BCUT2D eigenvalue weighted by Gasteiger charge is -2.11. The summed E-state index contributed by atoms with van der Waals surface area (Å²) in [6.07, 6.45) is 0. The summed E-state index contributed by atoms with van der Waals surface area (Å²) in [6, 6.07) is 8.02. The monoisotopic (exact) mass is 281 g/mol. The molecule has 1 N–H and O–H groups in total. The van der Waals surface area contributed by atoms with E-state index in [0.29, 0.717) is 12.1 Å². The molecule has 0 saturated heterocycles. The van der Waals surface area contributed by atoms with Gasteiger partial charge in [-0.15, -0.1) is 0 Å². The fraction of sp³-hybridized carbons (Fsp3) is 0.200. The number of rotatable bonds is 3. The van der Waals surface area contributed by atoms with Gasteiger partial charge in [0.2, 0.25) is 0 Å². The third kappa shape index (κ3) is 2.94. The van der Waals surface area contributed by atoms with Crippen molar-refractivity contribution in [3.63, 3.8) is 0 Å². The van der Waals surface area contributed by atoms with Gasteiger partial charge >= 0.3 is 0 Å². The van der Waals surface area contributed by atoms with E-state index in [1.165, 1.54) is 0 Å². The highest BCUT2D eigenvalue weighted by molar-refractivity contribution is 6.33. The van der Waals surface area contributed by atoms with Gasteiger partial charge in [-0.05, 0) is 48.9 Å². The van der Waals surface area contributed by atoms with Gasteiger partial charge in [0.25, 0.3) is 0 Å². The van der Waals surface area contributed by atoms with Crippen LogP contribution in [0.3, 0.4) is 0 Å². The van der Waals surface area contributed by atoms with Crippen molar-refractivity contribution in [3.8, 4) is 11.1 Å². The van der Waals surface area contributed by atoms with Crippen LogP contribution in [0.2, 0.25) is 5.02 Å². The molecule has 0 spiro atoms.